The van der Waals surface area contributed by atoms with E-state index in [1.807, 2.05) is 64.1 Å². The number of carbonyl (C=O) groups is 1. The van der Waals surface area contributed by atoms with E-state index in [1.165, 1.54) is 0 Å². The number of rotatable bonds is 0. The van der Waals surface area contributed by atoms with E-state index in [-0.39, 0.29) is 16.0 Å². The lowest BCUT2D eigenvalue weighted by Crippen LogP contribution is -2.31. The van der Waals surface area contributed by atoms with Crippen LogP contribution < -0.4 is 4.90 Å². The minimum Gasteiger partial charge on any atom is -0.268 e. The van der Waals surface area contributed by atoms with E-state index in [0.717, 1.165) is 22.1 Å². The molecule has 3 aromatic rings. The van der Waals surface area contributed by atoms with Crippen molar-refractivity contribution in [3.63, 3.8) is 0 Å². The normalized spacial score (nSPS) is 13.0. The highest BCUT2D eigenvalue weighted by molar-refractivity contribution is 6.53. The molecule has 0 saturated heterocycles. The van der Waals surface area contributed by atoms with Crippen LogP contribution >= 0.6 is 34.8 Å². The summed E-state index contributed by atoms with van der Waals surface area (Å²) in [6.07, 6.45) is 0. The van der Waals surface area contributed by atoms with Gasteiger partial charge < -0.3 is 0 Å². The zero-order valence-electron chi connectivity index (χ0n) is 16.9. The number of amides is 1. The van der Waals surface area contributed by atoms with Crippen LogP contribution in [-0.4, -0.2) is 11.7 Å². The maximum atomic E-state index is 13.2. The third kappa shape index (κ3) is 3.04. The molecule has 3 nitrogen and oxygen atoms in total. The van der Waals surface area contributed by atoms with Crippen LogP contribution in [0.3, 0.4) is 0 Å². The third-order valence-corrected chi connectivity index (χ3v) is 6.16. The number of aliphatic imine (C=N–C) groups is 1. The van der Waals surface area contributed by atoms with Gasteiger partial charge >= 0.3 is 0 Å². The summed E-state index contributed by atoms with van der Waals surface area (Å²) in [4.78, 5) is 19.5. The Hall–Kier alpha value is -2.07. The smallest absolute Gasteiger partial charge is 0.265 e. The first-order valence-corrected chi connectivity index (χ1v) is 10.8. The molecule has 0 saturated carbocycles. The summed E-state index contributed by atoms with van der Waals surface area (Å²) in [6.45, 7) is 9.77. The van der Waals surface area contributed by atoms with Crippen molar-refractivity contribution >= 4 is 68.7 Å². The second kappa shape index (κ2) is 8.35. The topological polar surface area (TPSA) is 32.7 Å². The maximum absolute atomic E-state index is 13.2. The largest absolute Gasteiger partial charge is 0.268 e. The van der Waals surface area contributed by atoms with Gasteiger partial charge in [-0.05, 0) is 30.0 Å². The Morgan fingerprint density at radius 2 is 1.45 bits per heavy atom. The number of benzene rings is 3. The second-order valence-electron chi connectivity index (χ2n) is 6.05. The van der Waals surface area contributed by atoms with E-state index in [0.29, 0.717) is 27.5 Å². The molecule has 0 spiro atoms. The van der Waals surface area contributed by atoms with Gasteiger partial charge in [0.25, 0.3) is 5.91 Å². The van der Waals surface area contributed by atoms with Crippen LogP contribution in [0.5, 0.6) is 0 Å². The molecule has 2 aliphatic rings. The molecular weight excluding hydrogens is 427 g/mol. The molecule has 0 aliphatic carbocycles. The maximum Gasteiger partial charge on any atom is 0.265 e. The fraction of sp³-hybridized carbons (Fsp3) is 0.217. The Bertz CT molecular complexity index is 1160. The first-order valence-electron chi connectivity index (χ1n) is 9.63. The number of carbonyl (C=O) groups excluding carboxylic acids is 1. The van der Waals surface area contributed by atoms with Gasteiger partial charge in [0.05, 0.1) is 37.6 Å². The Kier molecular flexibility index (Phi) is 6.23. The first kappa shape index (κ1) is 21.6. The summed E-state index contributed by atoms with van der Waals surface area (Å²) >= 11 is 19.0. The van der Waals surface area contributed by atoms with Crippen LogP contribution in [0, 0.1) is 6.92 Å². The number of hydrogen-bond donors (Lipinski definition) is 0. The molecule has 0 atom stereocenters. The quantitative estimate of drug-likeness (QED) is 0.319. The standard InChI is InChI=1S/C19H9Cl3N2O.2C2H6/c1-8-12-14(16(21)17(22)15(8)20)18-23-10-6-2-4-9-5-3-7-11(13(9)10)24(18)19(12)25;2*1-2/h2-7H,1H3;2*1-2H3. The van der Waals surface area contributed by atoms with Crippen LogP contribution in [0.25, 0.3) is 10.8 Å². The highest BCUT2D eigenvalue weighted by Gasteiger charge is 2.42. The summed E-state index contributed by atoms with van der Waals surface area (Å²) in [6, 6.07) is 11.7. The Labute approximate surface area is 185 Å². The van der Waals surface area contributed by atoms with Gasteiger partial charge in [-0.1, -0.05) is 86.8 Å². The second-order valence-corrected chi connectivity index (χ2v) is 7.18. The molecule has 3 aromatic carbocycles. The average molecular weight is 448 g/mol. The Balaban J connectivity index is 0.000000568. The van der Waals surface area contributed by atoms with Crippen molar-refractivity contribution in [3.8, 4) is 0 Å². The van der Waals surface area contributed by atoms with Crippen LogP contribution in [0.15, 0.2) is 41.4 Å². The fourth-order valence-corrected chi connectivity index (χ4v) is 4.35. The van der Waals surface area contributed by atoms with Gasteiger partial charge in [0.2, 0.25) is 0 Å². The van der Waals surface area contributed by atoms with Crippen molar-refractivity contribution in [2.75, 3.05) is 4.90 Å². The number of halogens is 3. The molecule has 0 N–H and O–H groups in total. The third-order valence-electron chi connectivity index (χ3n) is 4.74. The highest BCUT2D eigenvalue weighted by Crippen LogP contribution is 2.48. The lowest BCUT2D eigenvalue weighted by molar-refractivity contribution is 0.101. The lowest BCUT2D eigenvalue weighted by Gasteiger charge is -2.24. The molecule has 1 amide bonds. The van der Waals surface area contributed by atoms with Gasteiger partial charge in [-0.25, -0.2) is 4.99 Å². The van der Waals surface area contributed by atoms with Crippen LogP contribution in [-0.2, 0) is 0 Å². The van der Waals surface area contributed by atoms with Gasteiger partial charge in [-0.15, -0.1) is 0 Å². The van der Waals surface area contributed by atoms with E-state index < -0.39 is 0 Å². The SMILES string of the molecule is CC.CC.Cc1c(Cl)c(Cl)c(Cl)c2c1C(=O)N1C2=Nc2cccc3cccc1c23. The van der Waals surface area contributed by atoms with E-state index >= 15 is 0 Å². The van der Waals surface area contributed by atoms with Gasteiger partial charge in [0.15, 0.2) is 0 Å². The molecule has 6 heteroatoms. The predicted octanol–water partition coefficient (Wildman–Crippen LogP) is 8.21. The zero-order chi connectivity index (χ0) is 21.5. The molecule has 0 radical (unpaired) electrons. The molecule has 0 unspecified atom stereocenters. The number of anilines is 1. The van der Waals surface area contributed by atoms with Crippen LogP contribution in [0.2, 0.25) is 15.1 Å². The van der Waals surface area contributed by atoms with Crippen molar-refractivity contribution < 1.29 is 4.79 Å². The summed E-state index contributed by atoms with van der Waals surface area (Å²) in [5, 5.41) is 2.78. The fourth-order valence-electron chi connectivity index (χ4n) is 3.60. The van der Waals surface area contributed by atoms with Crippen molar-refractivity contribution in [1.82, 2.24) is 0 Å². The van der Waals surface area contributed by atoms with Gasteiger partial charge in [-0.2, -0.15) is 0 Å². The number of hydrogen-bond acceptors (Lipinski definition) is 2. The summed E-state index contributed by atoms with van der Waals surface area (Å²) in [7, 11) is 0. The Morgan fingerprint density at radius 3 is 2.10 bits per heavy atom. The minimum absolute atomic E-state index is 0.186. The predicted molar refractivity (Wildman–Crippen MR) is 126 cm³/mol. The number of amidine groups is 1. The van der Waals surface area contributed by atoms with Crippen LogP contribution in [0.4, 0.5) is 11.4 Å². The molecule has 2 aliphatic heterocycles. The van der Waals surface area contributed by atoms with E-state index in [1.54, 1.807) is 11.8 Å². The van der Waals surface area contributed by atoms with Crippen molar-refractivity contribution in [2.45, 2.75) is 34.6 Å². The Morgan fingerprint density at radius 1 is 0.828 bits per heavy atom. The van der Waals surface area contributed by atoms with Gasteiger partial charge in [0, 0.05) is 5.39 Å². The summed E-state index contributed by atoms with van der Waals surface area (Å²) in [5.74, 6) is 0.312. The molecule has 150 valence electrons. The lowest BCUT2D eigenvalue weighted by atomic mass is 10.0. The van der Waals surface area contributed by atoms with Crippen LogP contribution in [0.1, 0.15) is 49.2 Å². The molecule has 5 rings (SSSR count). The molecule has 29 heavy (non-hydrogen) atoms. The summed E-state index contributed by atoms with van der Waals surface area (Å²) < 4.78 is 0. The van der Waals surface area contributed by atoms with Gasteiger partial charge in [-0.3, -0.25) is 9.69 Å². The molecule has 0 aromatic heterocycles. The highest BCUT2D eigenvalue weighted by atomic mass is 35.5. The molecule has 0 fully saturated rings. The number of fused-ring (bicyclic) bond motifs is 4. The van der Waals surface area contributed by atoms with E-state index in [2.05, 4.69) is 0 Å². The van der Waals surface area contributed by atoms with Crippen molar-refractivity contribution in [3.05, 3.63) is 68.2 Å². The summed E-state index contributed by atoms with van der Waals surface area (Å²) in [5.41, 5.74) is 3.22. The monoisotopic (exact) mass is 446 g/mol. The minimum atomic E-state index is -0.186. The van der Waals surface area contributed by atoms with E-state index in [9.17, 15) is 4.79 Å². The molecule has 2 heterocycles. The van der Waals surface area contributed by atoms with Gasteiger partial charge in [0.1, 0.15) is 5.84 Å². The molecule has 0 bridgehead atoms. The average Bonchev–Trinajstić information content (AvgIpc) is 3.06. The van der Waals surface area contributed by atoms with Crippen molar-refractivity contribution in [2.24, 2.45) is 4.99 Å². The first-order chi connectivity index (χ1) is 14.0. The zero-order valence-corrected chi connectivity index (χ0v) is 19.2. The van der Waals surface area contributed by atoms with Crippen molar-refractivity contribution in [1.29, 1.82) is 0 Å². The molecular formula is C23H21Cl3N2O. The number of nitrogens with zero attached hydrogens (tertiary/aromatic N) is 2. The van der Waals surface area contributed by atoms with E-state index in [4.69, 9.17) is 39.8 Å².